The monoisotopic (exact) mass is 434 g/mol. The molecule has 1 aliphatic heterocycles. The number of benzene rings is 1. The molecule has 0 bridgehead atoms. The zero-order valence-electron chi connectivity index (χ0n) is 17.2. The summed E-state index contributed by atoms with van der Waals surface area (Å²) < 4.78 is 15.2. The van der Waals surface area contributed by atoms with Crippen molar-refractivity contribution in [3.8, 4) is 5.82 Å². The fourth-order valence-electron chi connectivity index (χ4n) is 3.92. The van der Waals surface area contributed by atoms with Crippen molar-refractivity contribution < 1.29 is 4.39 Å². The first-order valence-corrected chi connectivity index (χ1v) is 10.4. The number of halogens is 2. The van der Waals surface area contributed by atoms with Gasteiger partial charge in [0, 0.05) is 36.6 Å². The number of fused-ring (bicyclic) bond motifs is 1. The van der Waals surface area contributed by atoms with E-state index in [1.165, 1.54) is 12.1 Å². The van der Waals surface area contributed by atoms with Gasteiger partial charge < -0.3 is 4.90 Å². The average Bonchev–Trinajstić information content (AvgIpc) is 3.35. The Hall–Kier alpha value is -3.32. The first-order chi connectivity index (χ1) is 15.0. The lowest BCUT2D eigenvalue weighted by Crippen LogP contribution is -2.15. The van der Waals surface area contributed by atoms with Gasteiger partial charge in [-0.1, -0.05) is 17.7 Å². The maximum absolute atomic E-state index is 13.3. The largest absolute Gasteiger partial charge is 0.326 e. The Balaban J connectivity index is 1.44. The number of aryl methyl sites for hydroxylation is 2. The first-order valence-electron chi connectivity index (χ1n) is 10.0. The smallest absolute Gasteiger partial charge is 0.141 e. The molecule has 31 heavy (non-hydrogen) atoms. The van der Waals surface area contributed by atoms with E-state index in [0.717, 1.165) is 52.7 Å². The molecule has 4 heterocycles. The lowest BCUT2D eigenvalue weighted by molar-refractivity contribution is 0.628. The minimum atomic E-state index is -0.262. The van der Waals surface area contributed by atoms with Crippen molar-refractivity contribution in [2.45, 2.75) is 26.7 Å². The summed E-state index contributed by atoms with van der Waals surface area (Å²) in [4.78, 5) is 20.3. The van der Waals surface area contributed by atoms with Gasteiger partial charge in [0.2, 0.25) is 0 Å². The zero-order chi connectivity index (χ0) is 21.5. The van der Waals surface area contributed by atoms with Crippen LogP contribution in [0.15, 0.2) is 49.1 Å². The van der Waals surface area contributed by atoms with Crippen molar-refractivity contribution in [1.82, 2.24) is 24.5 Å². The van der Waals surface area contributed by atoms with Gasteiger partial charge in [0.25, 0.3) is 0 Å². The number of nitrogens with zero attached hydrogens (tertiary/aromatic N) is 6. The van der Waals surface area contributed by atoms with Gasteiger partial charge in [-0.2, -0.15) is 0 Å². The van der Waals surface area contributed by atoms with E-state index in [-0.39, 0.29) is 5.82 Å². The second-order valence-electron chi connectivity index (χ2n) is 7.69. The number of anilines is 2. The summed E-state index contributed by atoms with van der Waals surface area (Å²) in [6.45, 7) is 4.71. The van der Waals surface area contributed by atoms with Crippen LogP contribution in [0.5, 0.6) is 0 Å². The highest BCUT2D eigenvalue weighted by atomic mass is 35.5. The molecule has 0 unspecified atom stereocenters. The van der Waals surface area contributed by atoms with E-state index < -0.39 is 0 Å². The fourth-order valence-corrected chi connectivity index (χ4v) is 4.20. The second kappa shape index (κ2) is 7.74. The number of aromatic nitrogens is 5. The number of hydrogen-bond acceptors (Lipinski definition) is 5. The molecule has 5 rings (SSSR count). The standard InChI is InChI=1S/C23H20ClFN6/c1-14-9-16(11-26-22(14)30-12-15(2)27-13-30)10-20-28-21(24)19-7-8-31(23(19)29-20)18-5-3-17(25)4-6-18/h3-6,9,11-13H,7-8,10H2,1-2H3. The van der Waals surface area contributed by atoms with Crippen LogP contribution >= 0.6 is 11.6 Å². The molecular formula is C23H20ClFN6. The van der Waals surface area contributed by atoms with E-state index in [1.807, 2.05) is 30.8 Å². The van der Waals surface area contributed by atoms with Crippen molar-refractivity contribution in [1.29, 1.82) is 0 Å². The molecule has 0 radical (unpaired) electrons. The molecule has 0 spiro atoms. The molecule has 3 aromatic heterocycles. The maximum Gasteiger partial charge on any atom is 0.141 e. The van der Waals surface area contributed by atoms with Gasteiger partial charge in [-0.25, -0.2) is 24.3 Å². The maximum atomic E-state index is 13.3. The molecule has 1 aromatic carbocycles. The summed E-state index contributed by atoms with van der Waals surface area (Å²) in [5, 5.41) is 0.472. The van der Waals surface area contributed by atoms with Crippen molar-refractivity contribution in [2.75, 3.05) is 11.4 Å². The Morgan fingerprint density at radius 2 is 1.87 bits per heavy atom. The van der Waals surface area contributed by atoms with Crippen LogP contribution in [0, 0.1) is 19.7 Å². The van der Waals surface area contributed by atoms with Gasteiger partial charge >= 0.3 is 0 Å². The fraction of sp³-hybridized carbons (Fsp3) is 0.217. The molecule has 0 saturated carbocycles. The lowest BCUT2D eigenvalue weighted by Gasteiger charge is -2.19. The van der Waals surface area contributed by atoms with Crippen molar-refractivity contribution >= 4 is 23.1 Å². The summed E-state index contributed by atoms with van der Waals surface area (Å²) in [5.41, 5.74) is 4.79. The van der Waals surface area contributed by atoms with E-state index in [2.05, 4.69) is 25.9 Å². The van der Waals surface area contributed by atoms with E-state index in [0.29, 0.717) is 17.4 Å². The third-order valence-electron chi connectivity index (χ3n) is 5.39. The van der Waals surface area contributed by atoms with Crippen LogP contribution in [0.1, 0.15) is 28.2 Å². The molecule has 156 valence electrons. The highest BCUT2D eigenvalue weighted by Crippen LogP contribution is 2.36. The van der Waals surface area contributed by atoms with Crippen LogP contribution in [0.2, 0.25) is 5.15 Å². The Morgan fingerprint density at radius 3 is 2.58 bits per heavy atom. The van der Waals surface area contributed by atoms with Crippen LogP contribution in [-0.2, 0) is 12.8 Å². The topological polar surface area (TPSA) is 59.7 Å². The SMILES string of the molecule is Cc1cn(-c2ncc(Cc3nc(Cl)c4c(n3)N(c3ccc(F)cc3)CC4)cc2C)cn1. The molecule has 0 aliphatic carbocycles. The normalized spacial score (nSPS) is 13.0. The van der Waals surface area contributed by atoms with Gasteiger partial charge in [-0.15, -0.1) is 0 Å². The van der Waals surface area contributed by atoms with Crippen LogP contribution < -0.4 is 4.90 Å². The number of rotatable bonds is 4. The summed E-state index contributed by atoms with van der Waals surface area (Å²) in [7, 11) is 0. The third-order valence-corrected chi connectivity index (χ3v) is 5.70. The molecule has 0 amide bonds. The minimum absolute atomic E-state index is 0.262. The molecule has 0 saturated heterocycles. The molecule has 8 heteroatoms. The van der Waals surface area contributed by atoms with E-state index in [9.17, 15) is 4.39 Å². The van der Waals surface area contributed by atoms with Gasteiger partial charge in [-0.05, 0) is 55.7 Å². The molecule has 0 atom stereocenters. The molecule has 6 nitrogen and oxygen atoms in total. The van der Waals surface area contributed by atoms with Crippen molar-refractivity contribution in [2.24, 2.45) is 0 Å². The van der Waals surface area contributed by atoms with Crippen LogP contribution in [0.25, 0.3) is 5.82 Å². The van der Waals surface area contributed by atoms with E-state index in [1.54, 1.807) is 18.5 Å². The van der Waals surface area contributed by atoms with Gasteiger partial charge in [0.15, 0.2) is 0 Å². The predicted molar refractivity (Wildman–Crippen MR) is 118 cm³/mol. The van der Waals surface area contributed by atoms with E-state index >= 15 is 0 Å². The van der Waals surface area contributed by atoms with Crippen LogP contribution in [0.4, 0.5) is 15.9 Å². The lowest BCUT2D eigenvalue weighted by atomic mass is 10.1. The summed E-state index contributed by atoms with van der Waals surface area (Å²) in [5.74, 6) is 2.00. The number of hydrogen-bond donors (Lipinski definition) is 0. The highest BCUT2D eigenvalue weighted by molar-refractivity contribution is 6.30. The molecule has 0 N–H and O–H groups in total. The van der Waals surface area contributed by atoms with Gasteiger partial charge in [0.05, 0.1) is 5.69 Å². The molecule has 0 fully saturated rings. The summed E-state index contributed by atoms with van der Waals surface area (Å²) >= 11 is 6.49. The van der Waals surface area contributed by atoms with E-state index in [4.69, 9.17) is 16.6 Å². The van der Waals surface area contributed by atoms with Crippen molar-refractivity contribution in [3.05, 3.63) is 88.2 Å². The molecule has 1 aliphatic rings. The van der Waals surface area contributed by atoms with Crippen LogP contribution in [-0.4, -0.2) is 31.0 Å². The number of imidazole rings is 1. The van der Waals surface area contributed by atoms with Gasteiger partial charge in [0.1, 0.15) is 34.8 Å². The van der Waals surface area contributed by atoms with Crippen LogP contribution in [0.3, 0.4) is 0 Å². The minimum Gasteiger partial charge on any atom is -0.326 e. The average molecular weight is 435 g/mol. The highest BCUT2D eigenvalue weighted by Gasteiger charge is 2.26. The Labute approximate surface area is 184 Å². The predicted octanol–water partition coefficient (Wildman–Crippen LogP) is 4.75. The zero-order valence-corrected chi connectivity index (χ0v) is 17.9. The summed E-state index contributed by atoms with van der Waals surface area (Å²) in [6, 6.07) is 8.50. The second-order valence-corrected chi connectivity index (χ2v) is 8.05. The molecular weight excluding hydrogens is 415 g/mol. The Morgan fingerprint density at radius 1 is 1.06 bits per heavy atom. The molecule has 4 aromatic rings. The van der Waals surface area contributed by atoms with Crippen molar-refractivity contribution in [3.63, 3.8) is 0 Å². The van der Waals surface area contributed by atoms with Gasteiger partial charge in [-0.3, -0.25) is 4.57 Å². The summed E-state index contributed by atoms with van der Waals surface area (Å²) in [6.07, 6.45) is 6.81. The number of pyridine rings is 1. The quantitative estimate of drug-likeness (QED) is 0.434. The first kappa shape index (κ1) is 19.6. The Kier molecular flexibility index (Phi) is 4.90. The Bertz CT molecular complexity index is 1270. The third kappa shape index (κ3) is 3.77.